The lowest BCUT2D eigenvalue weighted by molar-refractivity contribution is -0.113. The number of nitrogens with one attached hydrogen (secondary N) is 2. The molecule has 0 saturated carbocycles. The summed E-state index contributed by atoms with van der Waals surface area (Å²) < 4.78 is 2.06. The summed E-state index contributed by atoms with van der Waals surface area (Å²) in [4.78, 5) is 24.5. The summed E-state index contributed by atoms with van der Waals surface area (Å²) in [6.07, 6.45) is 0.934. The number of aryl methyl sites for hydroxylation is 1. The van der Waals surface area contributed by atoms with Crippen LogP contribution in [0.5, 0.6) is 0 Å². The quantitative estimate of drug-likeness (QED) is 0.491. The largest absolute Gasteiger partial charge is 0.352 e. The van der Waals surface area contributed by atoms with Gasteiger partial charge in [-0.15, -0.1) is 10.2 Å². The molecule has 0 fully saturated rings. The van der Waals surface area contributed by atoms with E-state index in [1.165, 1.54) is 11.8 Å². The molecule has 3 rings (SSSR count). The van der Waals surface area contributed by atoms with E-state index in [2.05, 4.69) is 38.4 Å². The zero-order valence-corrected chi connectivity index (χ0v) is 18.8. The number of nitrogens with zero attached hydrogens (tertiary/aromatic N) is 3. The van der Waals surface area contributed by atoms with E-state index in [4.69, 9.17) is 0 Å². The van der Waals surface area contributed by atoms with Crippen molar-refractivity contribution in [2.24, 2.45) is 0 Å². The Bertz CT molecular complexity index is 1060. The fourth-order valence-corrected chi connectivity index (χ4v) is 3.91. The van der Waals surface area contributed by atoms with Crippen LogP contribution in [0.15, 0.2) is 53.7 Å². The fourth-order valence-electron chi connectivity index (χ4n) is 3.15. The van der Waals surface area contributed by atoms with Crippen molar-refractivity contribution in [1.82, 2.24) is 20.1 Å². The van der Waals surface area contributed by atoms with Crippen LogP contribution in [0, 0.1) is 6.92 Å². The molecular weight excluding hydrogens is 410 g/mol. The van der Waals surface area contributed by atoms with Gasteiger partial charge in [-0.25, -0.2) is 0 Å². The molecule has 0 aliphatic heterocycles. The van der Waals surface area contributed by atoms with Gasteiger partial charge in [0.2, 0.25) is 5.91 Å². The van der Waals surface area contributed by atoms with Crippen molar-refractivity contribution in [2.75, 3.05) is 17.6 Å². The predicted octanol–water partition coefficient (Wildman–Crippen LogP) is 4.14. The van der Waals surface area contributed by atoms with Gasteiger partial charge in [0.1, 0.15) is 0 Å². The number of amides is 2. The summed E-state index contributed by atoms with van der Waals surface area (Å²) in [5, 5.41) is 15.0. The van der Waals surface area contributed by atoms with Crippen molar-refractivity contribution in [3.8, 4) is 11.4 Å². The Morgan fingerprint density at radius 2 is 1.87 bits per heavy atom. The van der Waals surface area contributed by atoms with Crippen LogP contribution in [0.4, 0.5) is 5.69 Å². The van der Waals surface area contributed by atoms with Crippen molar-refractivity contribution in [2.45, 2.75) is 38.9 Å². The molecule has 8 heteroatoms. The van der Waals surface area contributed by atoms with Gasteiger partial charge in [0.05, 0.1) is 5.75 Å². The van der Waals surface area contributed by atoms with E-state index in [9.17, 15) is 9.59 Å². The first kappa shape index (κ1) is 22.6. The molecule has 7 nitrogen and oxygen atoms in total. The number of hydrogen-bond donors (Lipinski definition) is 2. The maximum atomic E-state index is 12.5. The van der Waals surface area contributed by atoms with Gasteiger partial charge in [-0.2, -0.15) is 0 Å². The van der Waals surface area contributed by atoms with Crippen molar-refractivity contribution < 1.29 is 9.59 Å². The molecule has 0 aliphatic carbocycles. The summed E-state index contributed by atoms with van der Waals surface area (Å²) in [6.45, 7) is 7.33. The Labute approximate surface area is 186 Å². The lowest BCUT2D eigenvalue weighted by Gasteiger charge is -2.10. The summed E-state index contributed by atoms with van der Waals surface area (Å²) in [6, 6.07) is 15.1. The monoisotopic (exact) mass is 437 g/mol. The normalized spacial score (nSPS) is 10.7. The van der Waals surface area contributed by atoms with E-state index >= 15 is 0 Å². The standard InChI is InChI=1S/C23H27N5O2S/c1-4-12-28-21(17-9-6-8-16(3)13-17)26-27-23(28)31-15-20(29)25-19-11-7-10-18(14-19)22(30)24-5-2/h6-11,13-14H,4-5,12,15H2,1-3H3,(H,24,30)(H,25,29). The molecule has 2 N–H and O–H groups in total. The summed E-state index contributed by atoms with van der Waals surface area (Å²) in [5.74, 6) is 0.676. The first-order chi connectivity index (χ1) is 15.0. The number of hydrogen-bond acceptors (Lipinski definition) is 5. The van der Waals surface area contributed by atoms with E-state index in [0.29, 0.717) is 23.0 Å². The SMILES string of the molecule is CCCn1c(SCC(=O)Nc2cccc(C(=O)NCC)c2)nnc1-c1cccc(C)c1. The minimum atomic E-state index is -0.166. The molecule has 0 saturated heterocycles. The second kappa shape index (κ2) is 10.8. The third-order valence-corrected chi connectivity index (χ3v) is 5.49. The van der Waals surface area contributed by atoms with Gasteiger partial charge in [-0.1, -0.05) is 48.5 Å². The predicted molar refractivity (Wildman–Crippen MR) is 124 cm³/mol. The van der Waals surface area contributed by atoms with Gasteiger partial charge >= 0.3 is 0 Å². The molecule has 2 amide bonds. The lowest BCUT2D eigenvalue weighted by atomic mass is 10.1. The average Bonchev–Trinajstić information content (AvgIpc) is 3.15. The highest BCUT2D eigenvalue weighted by atomic mass is 32.2. The molecule has 0 spiro atoms. The Morgan fingerprint density at radius 1 is 1.06 bits per heavy atom. The van der Waals surface area contributed by atoms with E-state index in [1.54, 1.807) is 24.3 Å². The van der Waals surface area contributed by atoms with E-state index in [-0.39, 0.29) is 17.6 Å². The molecule has 2 aromatic carbocycles. The third kappa shape index (κ3) is 5.95. The number of carbonyl (C=O) groups is 2. The number of anilines is 1. The molecule has 0 unspecified atom stereocenters. The number of carbonyl (C=O) groups excluding carboxylic acids is 2. The topological polar surface area (TPSA) is 88.9 Å². The minimum absolute atomic E-state index is 0.163. The molecule has 1 aromatic heterocycles. The van der Waals surface area contributed by atoms with Crippen molar-refractivity contribution in [3.05, 3.63) is 59.7 Å². The highest BCUT2D eigenvalue weighted by Gasteiger charge is 2.15. The molecule has 1 heterocycles. The molecule has 3 aromatic rings. The van der Waals surface area contributed by atoms with Crippen molar-refractivity contribution in [3.63, 3.8) is 0 Å². The molecule has 0 radical (unpaired) electrons. The molecule has 31 heavy (non-hydrogen) atoms. The Hall–Kier alpha value is -3.13. The molecule has 0 bridgehead atoms. The van der Waals surface area contributed by atoms with Crippen LogP contribution < -0.4 is 10.6 Å². The number of benzene rings is 2. The maximum absolute atomic E-state index is 12.5. The molecular formula is C23H27N5O2S. The fraction of sp³-hybridized carbons (Fsp3) is 0.304. The van der Waals surface area contributed by atoms with Crippen LogP contribution in [0.25, 0.3) is 11.4 Å². The van der Waals surface area contributed by atoms with Gasteiger partial charge < -0.3 is 15.2 Å². The highest BCUT2D eigenvalue weighted by Crippen LogP contribution is 2.25. The Balaban J connectivity index is 1.68. The molecule has 162 valence electrons. The highest BCUT2D eigenvalue weighted by molar-refractivity contribution is 7.99. The molecule has 0 aliphatic rings. The van der Waals surface area contributed by atoms with E-state index < -0.39 is 0 Å². The lowest BCUT2D eigenvalue weighted by Crippen LogP contribution is -2.23. The van der Waals surface area contributed by atoms with Gasteiger partial charge in [-0.3, -0.25) is 9.59 Å². The zero-order valence-electron chi connectivity index (χ0n) is 18.0. The summed E-state index contributed by atoms with van der Waals surface area (Å²) in [7, 11) is 0. The first-order valence-corrected chi connectivity index (χ1v) is 11.3. The number of aromatic nitrogens is 3. The second-order valence-electron chi connectivity index (χ2n) is 7.10. The van der Waals surface area contributed by atoms with Crippen LogP contribution >= 0.6 is 11.8 Å². The van der Waals surface area contributed by atoms with Gasteiger partial charge in [0.15, 0.2) is 11.0 Å². The first-order valence-electron chi connectivity index (χ1n) is 10.3. The minimum Gasteiger partial charge on any atom is -0.352 e. The summed E-state index contributed by atoms with van der Waals surface area (Å²) >= 11 is 1.35. The zero-order chi connectivity index (χ0) is 22.2. The van der Waals surface area contributed by atoms with Crippen LogP contribution in [-0.2, 0) is 11.3 Å². The average molecular weight is 438 g/mol. The maximum Gasteiger partial charge on any atom is 0.251 e. The smallest absolute Gasteiger partial charge is 0.251 e. The number of rotatable bonds is 9. The van der Waals surface area contributed by atoms with Crippen LogP contribution in [-0.4, -0.2) is 38.9 Å². The Morgan fingerprint density at radius 3 is 2.61 bits per heavy atom. The third-order valence-electron chi connectivity index (χ3n) is 4.52. The molecule has 0 atom stereocenters. The van der Waals surface area contributed by atoms with Crippen molar-refractivity contribution in [1.29, 1.82) is 0 Å². The summed E-state index contributed by atoms with van der Waals surface area (Å²) in [5.41, 5.74) is 3.27. The van der Waals surface area contributed by atoms with E-state index in [1.807, 2.05) is 32.0 Å². The van der Waals surface area contributed by atoms with Crippen LogP contribution in [0.2, 0.25) is 0 Å². The van der Waals surface area contributed by atoms with Gasteiger partial charge in [0.25, 0.3) is 5.91 Å². The second-order valence-corrected chi connectivity index (χ2v) is 8.05. The van der Waals surface area contributed by atoms with Gasteiger partial charge in [0, 0.05) is 29.9 Å². The number of thioether (sulfide) groups is 1. The van der Waals surface area contributed by atoms with Gasteiger partial charge in [-0.05, 0) is 44.5 Å². The van der Waals surface area contributed by atoms with Crippen molar-refractivity contribution >= 4 is 29.3 Å². The van der Waals surface area contributed by atoms with Crippen LogP contribution in [0.3, 0.4) is 0 Å². The Kier molecular flexibility index (Phi) is 7.83. The van der Waals surface area contributed by atoms with E-state index in [0.717, 1.165) is 29.9 Å². The van der Waals surface area contributed by atoms with Crippen LogP contribution in [0.1, 0.15) is 36.2 Å².